The number of pyridine rings is 2. The maximum absolute atomic E-state index is 12.4. The number of fused-ring (bicyclic) bond motifs is 1. The molecule has 0 amide bonds. The first-order valence-corrected chi connectivity index (χ1v) is 14.1. The molecule has 6 rings (SSSR count). The first-order valence-electron chi connectivity index (χ1n) is 13.7. The molecule has 1 saturated carbocycles. The Bertz CT molecular complexity index is 1720. The minimum atomic E-state index is -1.55. The number of aromatic nitrogens is 6. The number of halogens is 1. The molecule has 0 radical (unpaired) electrons. The number of aliphatic hydroxyl groups is 1. The van der Waals surface area contributed by atoms with Crippen LogP contribution in [0.5, 0.6) is 0 Å². The van der Waals surface area contributed by atoms with Crippen molar-refractivity contribution in [2.45, 2.75) is 44.8 Å². The van der Waals surface area contributed by atoms with E-state index in [0.717, 1.165) is 31.2 Å². The topological polar surface area (TPSA) is 132 Å². The molecule has 11 heteroatoms. The lowest BCUT2D eigenvalue weighted by molar-refractivity contribution is -0.0124. The van der Waals surface area contributed by atoms with E-state index in [1.165, 1.54) is 0 Å². The van der Waals surface area contributed by atoms with E-state index >= 15 is 0 Å². The van der Waals surface area contributed by atoms with Crippen molar-refractivity contribution in [3.05, 3.63) is 81.8 Å². The molecule has 4 heterocycles. The fraction of sp³-hybridized carbons (Fsp3) is 0.367. The Balaban J connectivity index is 1.65. The van der Waals surface area contributed by atoms with E-state index in [1.807, 2.05) is 30.3 Å². The normalized spacial score (nSPS) is 18.9. The second kappa shape index (κ2) is 11.2. The summed E-state index contributed by atoms with van der Waals surface area (Å²) in [6, 6.07) is 12.9. The summed E-state index contributed by atoms with van der Waals surface area (Å²) in [6.07, 6.45) is 7.70. The van der Waals surface area contributed by atoms with Crippen LogP contribution in [0.15, 0.2) is 64.2 Å². The standard InChI is InChI=1S/C30H31ClN6O4/c1-18-8-10-19(11-9-18)16-37-26-23(34-28(37)30(39,17-40-2)21-6-4-3-5-7-21)13-24(27-35-29(38)41-36-27)33-25(26)20-12-22(31)15-32-14-20/h3-7,12-15,18-19,39H,8-11,16-17H2,1-2H3,(H,35,36,38). The van der Waals surface area contributed by atoms with E-state index in [-0.39, 0.29) is 12.4 Å². The molecule has 4 aromatic heterocycles. The molecule has 1 fully saturated rings. The van der Waals surface area contributed by atoms with Gasteiger partial charge >= 0.3 is 5.76 Å². The molecule has 1 unspecified atom stereocenters. The van der Waals surface area contributed by atoms with Gasteiger partial charge in [-0.25, -0.2) is 14.8 Å². The average molecular weight is 575 g/mol. The van der Waals surface area contributed by atoms with Crippen molar-refractivity contribution in [3.63, 3.8) is 0 Å². The third kappa shape index (κ3) is 5.30. The van der Waals surface area contributed by atoms with Gasteiger partial charge in [0.15, 0.2) is 5.60 Å². The highest BCUT2D eigenvalue weighted by molar-refractivity contribution is 6.30. The maximum atomic E-state index is 12.4. The molecule has 0 saturated heterocycles. The SMILES string of the molecule is COCC(O)(c1ccccc1)c1nc2cc(-c3noc(=O)[nH]3)nc(-c3cncc(Cl)c3)c2n1CC1CCC(C)CC1. The Morgan fingerprint density at radius 1 is 1.15 bits per heavy atom. The first kappa shape index (κ1) is 27.3. The molecule has 1 aliphatic rings. The molecule has 0 spiro atoms. The molecule has 0 bridgehead atoms. The molecule has 1 aromatic carbocycles. The van der Waals surface area contributed by atoms with Gasteiger partial charge in [-0.3, -0.25) is 14.5 Å². The number of aromatic amines is 1. The first-order chi connectivity index (χ1) is 19.9. The van der Waals surface area contributed by atoms with Crippen molar-refractivity contribution in [1.82, 2.24) is 29.7 Å². The fourth-order valence-corrected chi connectivity index (χ4v) is 6.00. The fourth-order valence-electron chi connectivity index (χ4n) is 5.82. The predicted octanol–water partition coefficient (Wildman–Crippen LogP) is 5.20. The summed E-state index contributed by atoms with van der Waals surface area (Å²) in [5.41, 5.74) is 1.97. The molecular weight excluding hydrogens is 544 g/mol. The highest BCUT2D eigenvalue weighted by Crippen LogP contribution is 2.39. The van der Waals surface area contributed by atoms with E-state index in [9.17, 15) is 9.90 Å². The van der Waals surface area contributed by atoms with Gasteiger partial charge in [0.2, 0.25) is 5.82 Å². The summed E-state index contributed by atoms with van der Waals surface area (Å²) in [7, 11) is 1.56. The smallest absolute Gasteiger partial charge is 0.381 e. The summed E-state index contributed by atoms with van der Waals surface area (Å²) in [5, 5.41) is 16.7. The average Bonchev–Trinajstić information content (AvgIpc) is 3.58. The van der Waals surface area contributed by atoms with Crippen LogP contribution < -0.4 is 5.76 Å². The summed E-state index contributed by atoms with van der Waals surface area (Å²) < 4.78 is 12.4. The van der Waals surface area contributed by atoms with Gasteiger partial charge in [-0.15, -0.1) is 0 Å². The molecule has 41 heavy (non-hydrogen) atoms. The minimum Gasteiger partial charge on any atom is -0.381 e. The summed E-state index contributed by atoms with van der Waals surface area (Å²) in [5.74, 6) is 1.01. The van der Waals surface area contributed by atoms with E-state index in [4.69, 9.17) is 30.8 Å². The van der Waals surface area contributed by atoms with Crippen LogP contribution in [-0.4, -0.2) is 48.5 Å². The van der Waals surface area contributed by atoms with Gasteiger partial charge in [-0.2, -0.15) is 0 Å². The van der Waals surface area contributed by atoms with Crippen LogP contribution in [0.2, 0.25) is 5.02 Å². The van der Waals surface area contributed by atoms with Gasteiger partial charge in [0.05, 0.1) is 28.4 Å². The van der Waals surface area contributed by atoms with Crippen LogP contribution in [0.1, 0.15) is 44.0 Å². The van der Waals surface area contributed by atoms with Gasteiger partial charge in [0.1, 0.15) is 11.5 Å². The molecule has 212 valence electrons. The Labute approximate surface area is 241 Å². The van der Waals surface area contributed by atoms with Crippen molar-refractivity contribution < 1.29 is 14.4 Å². The second-order valence-corrected chi connectivity index (χ2v) is 11.3. The molecule has 1 aliphatic carbocycles. The Morgan fingerprint density at radius 2 is 1.93 bits per heavy atom. The Hall–Kier alpha value is -3.86. The lowest BCUT2D eigenvalue weighted by Gasteiger charge is -2.31. The van der Waals surface area contributed by atoms with Crippen molar-refractivity contribution >= 4 is 22.6 Å². The Kier molecular flexibility index (Phi) is 7.46. The zero-order valence-corrected chi connectivity index (χ0v) is 23.6. The molecule has 0 aliphatic heterocycles. The van der Waals surface area contributed by atoms with Gasteiger partial charge in [0, 0.05) is 31.6 Å². The number of benzene rings is 1. The van der Waals surface area contributed by atoms with Gasteiger partial charge in [-0.1, -0.05) is 66.9 Å². The van der Waals surface area contributed by atoms with E-state index < -0.39 is 11.4 Å². The van der Waals surface area contributed by atoms with Gasteiger partial charge < -0.3 is 14.4 Å². The summed E-state index contributed by atoms with van der Waals surface area (Å²) in [4.78, 5) is 28.6. The lowest BCUT2D eigenvalue weighted by Crippen LogP contribution is -2.36. The Morgan fingerprint density at radius 3 is 2.61 bits per heavy atom. The number of ether oxygens (including phenoxy) is 1. The molecule has 5 aromatic rings. The number of methoxy groups -OCH3 is 1. The third-order valence-electron chi connectivity index (χ3n) is 7.94. The van der Waals surface area contributed by atoms with Crippen LogP contribution in [0.25, 0.3) is 33.8 Å². The molecule has 2 N–H and O–H groups in total. The lowest BCUT2D eigenvalue weighted by atomic mass is 9.83. The number of nitrogens with one attached hydrogen (secondary N) is 1. The molecule has 10 nitrogen and oxygen atoms in total. The monoisotopic (exact) mass is 574 g/mol. The van der Waals surface area contributed by atoms with Gasteiger partial charge in [0.25, 0.3) is 0 Å². The molecule has 1 atom stereocenters. The van der Waals surface area contributed by atoms with Crippen molar-refractivity contribution in [2.24, 2.45) is 11.8 Å². The van der Waals surface area contributed by atoms with E-state index in [2.05, 4.69) is 26.6 Å². The van der Waals surface area contributed by atoms with Crippen molar-refractivity contribution in [2.75, 3.05) is 13.7 Å². The summed E-state index contributed by atoms with van der Waals surface area (Å²) in [6.45, 7) is 2.93. The van der Waals surface area contributed by atoms with E-state index in [1.54, 1.807) is 31.6 Å². The van der Waals surface area contributed by atoms with Crippen LogP contribution in [0.3, 0.4) is 0 Å². The summed E-state index contributed by atoms with van der Waals surface area (Å²) >= 11 is 6.37. The van der Waals surface area contributed by atoms with Crippen molar-refractivity contribution in [1.29, 1.82) is 0 Å². The number of nitrogens with zero attached hydrogens (tertiary/aromatic N) is 5. The number of rotatable bonds is 8. The third-order valence-corrected chi connectivity index (χ3v) is 8.14. The zero-order valence-electron chi connectivity index (χ0n) is 22.9. The number of hydrogen-bond acceptors (Lipinski definition) is 8. The number of hydrogen-bond donors (Lipinski definition) is 2. The minimum absolute atomic E-state index is 0.00696. The van der Waals surface area contributed by atoms with Crippen LogP contribution in [-0.2, 0) is 16.9 Å². The predicted molar refractivity (Wildman–Crippen MR) is 154 cm³/mol. The zero-order chi connectivity index (χ0) is 28.6. The van der Waals surface area contributed by atoms with E-state index in [0.29, 0.717) is 57.3 Å². The van der Waals surface area contributed by atoms with Crippen LogP contribution >= 0.6 is 11.6 Å². The maximum Gasteiger partial charge on any atom is 0.439 e. The highest BCUT2D eigenvalue weighted by atomic mass is 35.5. The second-order valence-electron chi connectivity index (χ2n) is 10.9. The highest BCUT2D eigenvalue weighted by Gasteiger charge is 2.39. The quantitative estimate of drug-likeness (QED) is 0.258. The largest absolute Gasteiger partial charge is 0.439 e. The number of H-pyrrole nitrogens is 1. The molecular formula is C30H31ClN6O4. The van der Waals surface area contributed by atoms with Gasteiger partial charge in [-0.05, 0) is 42.4 Å². The van der Waals surface area contributed by atoms with Crippen molar-refractivity contribution in [3.8, 4) is 22.8 Å². The number of imidazole rings is 1. The van der Waals surface area contributed by atoms with Crippen LogP contribution in [0.4, 0.5) is 0 Å². The van der Waals surface area contributed by atoms with Crippen LogP contribution in [0, 0.1) is 11.8 Å².